The number of benzene rings is 1. The molecule has 0 radical (unpaired) electrons. The van der Waals surface area contributed by atoms with Crippen molar-refractivity contribution in [2.24, 2.45) is 5.10 Å². The molecule has 0 unspecified atom stereocenters. The highest BCUT2D eigenvalue weighted by Gasteiger charge is 2.15. The van der Waals surface area contributed by atoms with Crippen LogP contribution < -0.4 is 11.0 Å². The van der Waals surface area contributed by atoms with Crippen LogP contribution in [-0.4, -0.2) is 25.9 Å². The first-order valence-electron chi connectivity index (χ1n) is 7.75. The van der Waals surface area contributed by atoms with Crippen molar-refractivity contribution in [2.75, 3.05) is 5.43 Å². The number of fused-ring (bicyclic) bond motifs is 2. The first-order chi connectivity index (χ1) is 11.7. The number of aryl methyl sites for hydroxylation is 1. The Balaban J connectivity index is 1.70. The van der Waals surface area contributed by atoms with E-state index in [2.05, 4.69) is 36.8 Å². The molecule has 0 saturated heterocycles. The lowest BCUT2D eigenvalue weighted by Crippen LogP contribution is -2.12. The third-order valence-corrected chi connectivity index (χ3v) is 4.34. The second-order valence-electron chi connectivity index (χ2n) is 5.73. The Bertz CT molecular complexity index is 990. The summed E-state index contributed by atoms with van der Waals surface area (Å²) >= 11 is 6.14. The lowest BCUT2D eigenvalue weighted by atomic mass is 10.0. The van der Waals surface area contributed by atoms with E-state index in [1.165, 1.54) is 11.8 Å². The zero-order valence-corrected chi connectivity index (χ0v) is 13.5. The Kier molecular flexibility index (Phi) is 3.78. The molecule has 2 aromatic heterocycles. The van der Waals surface area contributed by atoms with Gasteiger partial charge in [-0.25, -0.2) is 5.43 Å². The average molecular weight is 343 g/mol. The normalized spacial score (nSPS) is 16.1. The van der Waals surface area contributed by atoms with E-state index < -0.39 is 0 Å². The number of rotatable bonds is 2. The van der Waals surface area contributed by atoms with E-state index in [-0.39, 0.29) is 11.5 Å². The van der Waals surface area contributed by atoms with Crippen LogP contribution in [0.5, 0.6) is 0 Å². The summed E-state index contributed by atoms with van der Waals surface area (Å²) in [5.41, 5.74) is 6.22. The molecule has 3 aromatic rings. The summed E-state index contributed by atoms with van der Waals surface area (Å²) in [5.74, 6) is 0.275. The van der Waals surface area contributed by atoms with E-state index in [1.54, 1.807) is 0 Å². The zero-order chi connectivity index (χ0) is 16.5. The summed E-state index contributed by atoms with van der Waals surface area (Å²) in [4.78, 5) is 18.9. The topological polar surface area (TPSA) is 98.8 Å². The molecule has 1 aliphatic rings. The Morgan fingerprint density at radius 2 is 2.12 bits per heavy atom. The number of H-pyrrole nitrogens is 2. The fourth-order valence-electron chi connectivity index (χ4n) is 2.91. The van der Waals surface area contributed by atoms with Crippen molar-refractivity contribution >= 4 is 34.3 Å². The largest absolute Gasteiger partial charge is 0.291 e. The van der Waals surface area contributed by atoms with Gasteiger partial charge in [-0.2, -0.15) is 15.2 Å². The molecule has 4 rings (SSSR count). The quantitative estimate of drug-likeness (QED) is 0.492. The number of nitrogens with one attached hydrogen (secondary N) is 3. The summed E-state index contributed by atoms with van der Waals surface area (Å²) in [6.45, 7) is 0. The van der Waals surface area contributed by atoms with E-state index in [9.17, 15) is 4.79 Å². The van der Waals surface area contributed by atoms with Crippen molar-refractivity contribution in [1.82, 2.24) is 20.2 Å². The summed E-state index contributed by atoms with van der Waals surface area (Å²) in [5, 5.41) is 12.1. The maximum Gasteiger partial charge on any atom is 0.263 e. The molecule has 0 spiro atoms. The third kappa shape index (κ3) is 2.78. The minimum Gasteiger partial charge on any atom is -0.291 e. The molecule has 122 valence electrons. The summed E-state index contributed by atoms with van der Waals surface area (Å²) < 4.78 is 0. The van der Waals surface area contributed by atoms with Crippen LogP contribution in [0.25, 0.3) is 11.0 Å². The molecule has 0 fully saturated rings. The number of hydrogen-bond donors (Lipinski definition) is 3. The van der Waals surface area contributed by atoms with E-state index in [0.717, 1.165) is 37.0 Å². The van der Waals surface area contributed by atoms with Crippen LogP contribution >= 0.6 is 11.6 Å². The second kappa shape index (κ2) is 6.09. The number of hydrazone groups is 1. The van der Waals surface area contributed by atoms with Crippen LogP contribution in [0.1, 0.15) is 30.4 Å². The van der Waals surface area contributed by atoms with Crippen LogP contribution in [0.3, 0.4) is 0 Å². The van der Waals surface area contributed by atoms with Gasteiger partial charge in [-0.15, -0.1) is 0 Å². The predicted molar refractivity (Wildman–Crippen MR) is 93.7 cm³/mol. The number of anilines is 1. The number of hydrogen-bond acceptors (Lipinski definition) is 5. The molecule has 2 heterocycles. The van der Waals surface area contributed by atoms with Gasteiger partial charge >= 0.3 is 0 Å². The van der Waals surface area contributed by atoms with E-state index in [1.807, 2.05) is 12.1 Å². The first-order valence-corrected chi connectivity index (χ1v) is 8.13. The highest BCUT2D eigenvalue weighted by molar-refractivity contribution is 6.31. The monoisotopic (exact) mass is 342 g/mol. The molecule has 0 bridgehead atoms. The Labute approximate surface area is 142 Å². The lowest BCUT2D eigenvalue weighted by Gasteiger charge is -2.09. The molecular formula is C16H15ClN6O. The van der Waals surface area contributed by atoms with Crippen LogP contribution in [0.2, 0.25) is 5.02 Å². The van der Waals surface area contributed by atoms with Gasteiger partial charge in [0.05, 0.1) is 11.9 Å². The predicted octanol–water partition coefficient (Wildman–Crippen LogP) is 2.84. The van der Waals surface area contributed by atoms with Gasteiger partial charge in [0.25, 0.3) is 5.56 Å². The summed E-state index contributed by atoms with van der Waals surface area (Å²) in [6, 6.07) is 5.90. The van der Waals surface area contributed by atoms with Crippen molar-refractivity contribution in [3.05, 3.63) is 50.9 Å². The van der Waals surface area contributed by atoms with Gasteiger partial charge in [-0.3, -0.25) is 14.9 Å². The summed E-state index contributed by atoms with van der Waals surface area (Å²) in [6.07, 6.45) is 5.47. The molecule has 8 heteroatoms. The molecule has 0 amide bonds. The molecule has 0 aliphatic heterocycles. The average Bonchev–Trinajstić information content (AvgIpc) is 2.95. The summed E-state index contributed by atoms with van der Waals surface area (Å²) in [7, 11) is 0. The molecule has 3 N–H and O–H groups in total. The number of aromatic amines is 2. The molecule has 0 atom stereocenters. The van der Waals surface area contributed by atoms with Gasteiger partial charge < -0.3 is 0 Å². The highest BCUT2D eigenvalue weighted by atomic mass is 35.5. The van der Waals surface area contributed by atoms with E-state index in [0.29, 0.717) is 16.1 Å². The van der Waals surface area contributed by atoms with Gasteiger partial charge in [0.15, 0.2) is 5.65 Å². The van der Waals surface area contributed by atoms with E-state index in [4.69, 9.17) is 11.6 Å². The smallest absolute Gasteiger partial charge is 0.263 e. The van der Waals surface area contributed by atoms with Crippen LogP contribution in [0, 0.1) is 0 Å². The van der Waals surface area contributed by atoms with Crippen molar-refractivity contribution in [3.8, 4) is 0 Å². The number of halogens is 1. The molecule has 24 heavy (non-hydrogen) atoms. The maximum atomic E-state index is 11.9. The highest BCUT2D eigenvalue weighted by Crippen LogP contribution is 2.24. The molecule has 1 aromatic carbocycles. The molecule has 0 saturated carbocycles. The number of aromatic nitrogens is 4. The van der Waals surface area contributed by atoms with Gasteiger partial charge in [0.2, 0.25) is 5.95 Å². The first kappa shape index (κ1) is 14.9. The molecular weight excluding hydrogens is 328 g/mol. The third-order valence-electron chi connectivity index (χ3n) is 4.11. The SMILES string of the molecule is O=c1[nH]c(N/N=C2\CCCCc3ccc(Cl)cc32)nc2[nH]ncc12. The minimum absolute atomic E-state index is 0.263. The Morgan fingerprint density at radius 1 is 1.25 bits per heavy atom. The fraction of sp³-hybridized carbons (Fsp3) is 0.250. The van der Waals surface area contributed by atoms with Gasteiger partial charge in [0, 0.05) is 10.6 Å². The second-order valence-corrected chi connectivity index (χ2v) is 6.16. The molecule has 7 nitrogen and oxygen atoms in total. The van der Waals surface area contributed by atoms with Crippen LogP contribution in [0.15, 0.2) is 34.3 Å². The Hall–Kier alpha value is -2.67. The van der Waals surface area contributed by atoms with Crippen LogP contribution in [-0.2, 0) is 6.42 Å². The van der Waals surface area contributed by atoms with E-state index >= 15 is 0 Å². The van der Waals surface area contributed by atoms with Crippen LogP contribution in [0.4, 0.5) is 5.95 Å². The van der Waals surface area contributed by atoms with Crippen molar-refractivity contribution < 1.29 is 0 Å². The molecule has 1 aliphatic carbocycles. The van der Waals surface area contributed by atoms with Gasteiger partial charge in [-0.05, 0) is 43.4 Å². The Morgan fingerprint density at radius 3 is 3.04 bits per heavy atom. The number of nitrogens with zero attached hydrogens (tertiary/aromatic N) is 3. The lowest BCUT2D eigenvalue weighted by molar-refractivity contribution is 0.775. The van der Waals surface area contributed by atoms with Gasteiger partial charge in [-0.1, -0.05) is 17.7 Å². The van der Waals surface area contributed by atoms with Crippen molar-refractivity contribution in [1.29, 1.82) is 0 Å². The maximum absolute atomic E-state index is 11.9. The fourth-order valence-corrected chi connectivity index (χ4v) is 3.08. The minimum atomic E-state index is -0.263. The van der Waals surface area contributed by atoms with Crippen molar-refractivity contribution in [3.63, 3.8) is 0 Å². The van der Waals surface area contributed by atoms with Gasteiger partial charge in [0.1, 0.15) is 5.39 Å². The zero-order valence-electron chi connectivity index (χ0n) is 12.8. The van der Waals surface area contributed by atoms with Crippen molar-refractivity contribution in [2.45, 2.75) is 25.7 Å². The standard InChI is InChI=1S/C16H15ClN6O/c17-10-6-5-9-3-1-2-4-13(11(9)7-10)21-23-16-19-14-12(8-18-22-14)15(24)20-16/h5-8H,1-4H2,(H3,18,19,20,22,23,24)/b21-13+.